The standard InChI is InChI=1S/C17H21N7O2/c1-3-24-16(4-6-18-24)15-10-23(21-19-15)7-5-13-8-22(9-13)17(25)14-11-26-20-12(14)2/h4,6,10-11,13H,3,5,7-9H2,1-2H3. The van der Waals surface area contributed by atoms with Gasteiger partial charge in [-0.15, -0.1) is 5.10 Å². The molecular formula is C17H21N7O2. The zero-order chi connectivity index (χ0) is 18.1. The third-order valence-corrected chi connectivity index (χ3v) is 4.81. The monoisotopic (exact) mass is 355 g/mol. The van der Waals surface area contributed by atoms with Gasteiger partial charge in [0.05, 0.1) is 17.6 Å². The van der Waals surface area contributed by atoms with Crippen molar-refractivity contribution in [2.45, 2.75) is 33.4 Å². The molecule has 0 saturated carbocycles. The van der Waals surface area contributed by atoms with Crippen molar-refractivity contribution < 1.29 is 9.32 Å². The fourth-order valence-electron chi connectivity index (χ4n) is 3.23. The molecule has 9 heteroatoms. The number of hydrogen-bond donors (Lipinski definition) is 0. The van der Waals surface area contributed by atoms with E-state index in [0.717, 1.165) is 44.0 Å². The van der Waals surface area contributed by atoms with Crippen molar-refractivity contribution in [3.8, 4) is 11.4 Å². The average molecular weight is 355 g/mol. The molecule has 3 aromatic rings. The molecular weight excluding hydrogens is 334 g/mol. The SMILES string of the molecule is CCn1nccc1-c1cn(CCC2CN(C(=O)c3conc3C)C2)nn1. The lowest BCUT2D eigenvalue weighted by molar-refractivity contribution is 0.0474. The van der Waals surface area contributed by atoms with Crippen LogP contribution in [0.2, 0.25) is 0 Å². The molecule has 0 atom stereocenters. The average Bonchev–Trinajstić information content (AvgIpc) is 3.32. The van der Waals surface area contributed by atoms with Crippen LogP contribution in [0.3, 0.4) is 0 Å². The van der Waals surface area contributed by atoms with E-state index >= 15 is 0 Å². The number of rotatable bonds is 6. The number of hydrogen-bond acceptors (Lipinski definition) is 6. The fraction of sp³-hybridized carbons (Fsp3) is 0.471. The number of aromatic nitrogens is 6. The number of aryl methyl sites for hydroxylation is 3. The summed E-state index contributed by atoms with van der Waals surface area (Å²) in [4.78, 5) is 14.1. The van der Waals surface area contributed by atoms with Gasteiger partial charge >= 0.3 is 0 Å². The van der Waals surface area contributed by atoms with Crippen LogP contribution in [0.25, 0.3) is 11.4 Å². The Labute approximate surface area is 150 Å². The van der Waals surface area contributed by atoms with Gasteiger partial charge in [-0.1, -0.05) is 10.4 Å². The van der Waals surface area contributed by atoms with E-state index in [0.29, 0.717) is 17.2 Å². The van der Waals surface area contributed by atoms with E-state index in [-0.39, 0.29) is 5.91 Å². The van der Waals surface area contributed by atoms with Gasteiger partial charge in [0.25, 0.3) is 5.91 Å². The topological polar surface area (TPSA) is 94.9 Å². The molecule has 0 radical (unpaired) electrons. The first-order valence-electron chi connectivity index (χ1n) is 8.78. The summed E-state index contributed by atoms with van der Waals surface area (Å²) in [5, 5.41) is 16.5. The second kappa shape index (κ2) is 6.74. The van der Waals surface area contributed by atoms with Crippen molar-refractivity contribution in [2.24, 2.45) is 5.92 Å². The Morgan fingerprint density at radius 3 is 2.96 bits per heavy atom. The van der Waals surface area contributed by atoms with Crippen LogP contribution in [-0.2, 0) is 13.1 Å². The molecule has 0 unspecified atom stereocenters. The Hall–Kier alpha value is -2.97. The second-order valence-electron chi connectivity index (χ2n) is 6.58. The molecule has 0 N–H and O–H groups in total. The van der Waals surface area contributed by atoms with E-state index in [2.05, 4.69) is 20.6 Å². The Balaban J connectivity index is 1.29. The Morgan fingerprint density at radius 2 is 2.23 bits per heavy atom. The quantitative estimate of drug-likeness (QED) is 0.667. The normalized spacial score (nSPS) is 14.6. The van der Waals surface area contributed by atoms with Crippen molar-refractivity contribution >= 4 is 5.91 Å². The highest BCUT2D eigenvalue weighted by Gasteiger charge is 2.32. The largest absolute Gasteiger partial charge is 0.364 e. The molecule has 0 aromatic carbocycles. The Bertz CT molecular complexity index is 904. The molecule has 3 aromatic heterocycles. The molecule has 1 aliphatic heterocycles. The minimum atomic E-state index is -0.00382. The molecule has 136 valence electrons. The molecule has 1 amide bonds. The molecule has 0 spiro atoms. The molecule has 9 nitrogen and oxygen atoms in total. The summed E-state index contributed by atoms with van der Waals surface area (Å²) in [6.07, 6.45) is 6.10. The van der Waals surface area contributed by atoms with Crippen LogP contribution in [0.1, 0.15) is 29.4 Å². The molecule has 26 heavy (non-hydrogen) atoms. The minimum absolute atomic E-state index is 0.00382. The summed E-state index contributed by atoms with van der Waals surface area (Å²) in [7, 11) is 0. The maximum absolute atomic E-state index is 12.3. The highest BCUT2D eigenvalue weighted by molar-refractivity contribution is 5.95. The smallest absolute Gasteiger partial charge is 0.259 e. The first kappa shape index (κ1) is 16.5. The number of amides is 1. The van der Waals surface area contributed by atoms with E-state index in [1.807, 2.05) is 33.5 Å². The zero-order valence-corrected chi connectivity index (χ0v) is 14.9. The first-order chi connectivity index (χ1) is 12.7. The van der Waals surface area contributed by atoms with Crippen LogP contribution in [0.5, 0.6) is 0 Å². The van der Waals surface area contributed by atoms with Crippen molar-refractivity contribution in [3.05, 3.63) is 36.0 Å². The van der Waals surface area contributed by atoms with E-state index in [4.69, 9.17) is 4.52 Å². The van der Waals surface area contributed by atoms with Crippen LogP contribution in [-0.4, -0.2) is 53.8 Å². The van der Waals surface area contributed by atoms with E-state index in [1.165, 1.54) is 6.26 Å². The van der Waals surface area contributed by atoms with Crippen molar-refractivity contribution in [1.29, 1.82) is 0 Å². The molecule has 0 aliphatic carbocycles. The van der Waals surface area contributed by atoms with Gasteiger partial charge in [-0.25, -0.2) is 0 Å². The predicted octanol–water partition coefficient (Wildman–Crippen LogP) is 1.62. The third kappa shape index (κ3) is 3.00. The van der Waals surface area contributed by atoms with Crippen LogP contribution in [0, 0.1) is 12.8 Å². The fourth-order valence-corrected chi connectivity index (χ4v) is 3.23. The number of carbonyl (C=O) groups is 1. The van der Waals surface area contributed by atoms with E-state index in [9.17, 15) is 4.79 Å². The minimum Gasteiger partial charge on any atom is -0.364 e. The Morgan fingerprint density at radius 1 is 1.38 bits per heavy atom. The summed E-state index contributed by atoms with van der Waals surface area (Å²) >= 11 is 0. The van der Waals surface area contributed by atoms with Crippen molar-refractivity contribution in [3.63, 3.8) is 0 Å². The Kier molecular flexibility index (Phi) is 4.27. The molecule has 4 heterocycles. The highest BCUT2D eigenvalue weighted by atomic mass is 16.5. The predicted molar refractivity (Wildman–Crippen MR) is 92.2 cm³/mol. The zero-order valence-electron chi connectivity index (χ0n) is 14.9. The molecule has 1 fully saturated rings. The number of likely N-dealkylation sites (tertiary alicyclic amines) is 1. The van der Waals surface area contributed by atoms with Crippen molar-refractivity contribution in [2.75, 3.05) is 13.1 Å². The lowest BCUT2D eigenvalue weighted by Crippen LogP contribution is -2.50. The van der Waals surface area contributed by atoms with Gasteiger partial charge in [-0.05, 0) is 32.3 Å². The second-order valence-corrected chi connectivity index (χ2v) is 6.58. The van der Waals surface area contributed by atoms with E-state index < -0.39 is 0 Å². The van der Waals surface area contributed by atoms with Gasteiger partial charge in [-0.3, -0.25) is 14.2 Å². The molecule has 4 rings (SSSR count). The van der Waals surface area contributed by atoms with Crippen LogP contribution in [0.4, 0.5) is 0 Å². The van der Waals surface area contributed by atoms with Gasteiger partial charge in [0.15, 0.2) is 0 Å². The summed E-state index contributed by atoms with van der Waals surface area (Å²) in [5.74, 6) is 0.476. The third-order valence-electron chi connectivity index (χ3n) is 4.81. The van der Waals surface area contributed by atoms with Gasteiger partial charge < -0.3 is 9.42 Å². The lowest BCUT2D eigenvalue weighted by atomic mass is 9.95. The maximum Gasteiger partial charge on any atom is 0.259 e. The summed E-state index contributed by atoms with van der Waals surface area (Å²) in [6, 6.07) is 1.94. The van der Waals surface area contributed by atoms with Gasteiger partial charge in [-0.2, -0.15) is 5.10 Å². The van der Waals surface area contributed by atoms with Gasteiger partial charge in [0.1, 0.15) is 17.5 Å². The lowest BCUT2D eigenvalue weighted by Gasteiger charge is -2.39. The summed E-state index contributed by atoms with van der Waals surface area (Å²) in [5.41, 5.74) is 3.00. The molecule has 1 saturated heterocycles. The molecule has 1 aliphatic rings. The molecule has 0 bridgehead atoms. The summed E-state index contributed by atoms with van der Waals surface area (Å²) in [6.45, 7) is 6.92. The van der Waals surface area contributed by atoms with E-state index in [1.54, 1.807) is 13.1 Å². The van der Waals surface area contributed by atoms with Gasteiger partial charge in [0.2, 0.25) is 0 Å². The summed E-state index contributed by atoms with van der Waals surface area (Å²) < 4.78 is 8.60. The maximum atomic E-state index is 12.3. The number of carbonyl (C=O) groups excluding carboxylic acids is 1. The first-order valence-corrected chi connectivity index (χ1v) is 8.78. The number of nitrogens with zero attached hydrogens (tertiary/aromatic N) is 7. The van der Waals surface area contributed by atoms with Crippen molar-refractivity contribution in [1.82, 2.24) is 34.8 Å². The van der Waals surface area contributed by atoms with Gasteiger partial charge in [0, 0.05) is 32.4 Å². The van der Waals surface area contributed by atoms with Crippen LogP contribution >= 0.6 is 0 Å². The highest BCUT2D eigenvalue weighted by Crippen LogP contribution is 2.23. The van der Waals surface area contributed by atoms with Crippen LogP contribution < -0.4 is 0 Å². The van der Waals surface area contributed by atoms with Crippen LogP contribution in [0.15, 0.2) is 29.2 Å².